The van der Waals surface area contributed by atoms with Gasteiger partial charge >= 0.3 is 5.97 Å². The lowest BCUT2D eigenvalue weighted by Gasteiger charge is -2.12. The van der Waals surface area contributed by atoms with Gasteiger partial charge in [0.15, 0.2) is 11.5 Å². The lowest BCUT2D eigenvalue weighted by Crippen LogP contribution is -2.13. The maximum absolute atomic E-state index is 12.6. The highest BCUT2D eigenvalue weighted by molar-refractivity contribution is 6.04. The van der Waals surface area contributed by atoms with Gasteiger partial charge in [-0.3, -0.25) is 9.59 Å². The molecule has 0 aliphatic rings. The predicted molar refractivity (Wildman–Crippen MR) is 98.0 cm³/mol. The van der Waals surface area contributed by atoms with E-state index in [0.29, 0.717) is 22.7 Å². The Labute approximate surface area is 160 Å². The van der Waals surface area contributed by atoms with Crippen LogP contribution in [0.15, 0.2) is 42.7 Å². The van der Waals surface area contributed by atoms with Crippen molar-refractivity contribution in [3.63, 3.8) is 0 Å². The third kappa shape index (κ3) is 4.06. The van der Waals surface area contributed by atoms with Crippen LogP contribution < -0.4 is 19.5 Å². The Morgan fingerprint density at radius 3 is 2.39 bits per heavy atom. The summed E-state index contributed by atoms with van der Waals surface area (Å²) >= 11 is 0. The van der Waals surface area contributed by atoms with Gasteiger partial charge in [0.25, 0.3) is 5.91 Å². The van der Waals surface area contributed by atoms with E-state index in [0.717, 1.165) is 0 Å². The zero-order valence-electron chi connectivity index (χ0n) is 15.4. The first kappa shape index (κ1) is 18.8. The van der Waals surface area contributed by atoms with Gasteiger partial charge in [-0.05, 0) is 46.8 Å². The number of hydrogen-bond donors (Lipinski definition) is 1. The molecule has 0 aliphatic carbocycles. The Balaban J connectivity index is 1.85. The molecule has 0 saturated heterocycles. The Bertz CT molecular complexity index is 1000. The van der Waals surface area contributed by atoms with Crippen molar-refractivity contribution >= 4 is 17.6 Å². The number of anilines is 1. The Morgan fingerprint density at radius 1 is 1.00 bits per heavy atom. The molecule has 0 radical (unpaired) electrons. The fourth-order valence-electron chi connectivity index (χ4n) is 2.47. The molecule has 10 nitrogen and oxygen atoms in total. The molecule has 3 aromatic rings. The molecule has 0 unspecified atom stereocenters. The van der Waals surface area contributed by atoms with Crippen molar-refractivity contribution in [2.75, 3.05) is 19.5 Å². The van der Waals surface area contributed by atoms with Gasteiger partial charge in [-0.15, -0.1) is 5.10 Å². The number of nitrogens with zero attached hydrogens (tertiary/aromatic N) is 4. The summed E-state index contributed by atoms with van der Waals surface area (Å²) in [6.45, 7) is 1.28. The molecule has 1 heterocycles. The molecule has 144 valence electrons. The van der Waals surface area contributed by atoms with Gasteiger partial charge in [0.1, 0.15) is 17.8 Å². The lowest BCUT2D eigenvalue weighted by atomic mass is 10.1. The van der Waals surface area contributed by atoms with Crippen LogP contribution in [-0.2, 0) is 4.79 Å². The smallest absolute Gasteiger partial charge is 0.308 e. The number of amides is 1. The molecule has 3 rings (SSSR count). The first-order valence-corrected chi connectivity index (χ1v) is 8.11. The molecule has 0 saturated carbocycles. The average Bonchev–Trinajstić information content (AvgIpc) is 3.22. The highest BCUT2D eigenvalue weighted by Crippen LogP contribution is 2.29. The van der Waals surface area contributed by atoms with E-state index in [2.05, 4.69) is 20.8 Å². The van der Waals surface area contributed by atoms with Crippen molar-refractivity contribution in [2.45, 2.75) is 6.92 Å². The SMILES string of the molecule is COc1cc(C(=O)Nc2ccc(OC)c(-n3cnnn3)c2)ccc1OC(C)=O. The van der Waals surface area contributed by atoms with Gasteiger partial charge in [-0.25, -0.2) is 0 Å². The second kappa shape index (κ2) is 8.16. The quantitative estimate of drug-likeness (QED) is 0.506. The number of carbonyl (C=O) groups is 2. The molecule has 1 N–H and O–H groups in total. The van der Waals surface area contributed by atoms with Crippen LogP contribution >= 0.6 is 0 Å². The Kier molecular flexibility index (Phi) is 5.49. The van der Waals surface area contributed by atoms with Gasteiger partial charge in [-0.2, -0.15) is 4.68 Å². The third-order valence-corrected chi connectivity index (χ3v) is 3.71. The van der Waals surface area contributed by atoms with E-state index in [1.807, 2.05) is 0 Å². The fraction of sp³-hybridized carbons (Fsp3) is 0.167. The normalized spacial score (nSPS) is 10.2. The minimum atomic E-state index is -0.483. The minimum absolute atomic E-state index is 0.233. The maximum Gasteiger partial charge on any atom is 0.308 e. The number of methoxy groups -OCH3 is 2. The van der Waals surface area contributed by atoms with E-state index < -0.39 is 5.97 Å². The largest absolute Gasteiger partial charge is 0.494 e. The monoisotopic (exact) mass is 383 g/mol. The number of nitrogens with one attached hydrogen (secondary N) is 1. The van der Waals surface area contributed by atoms with Gasteiger partial charge in [0, 0.05) is 18.2 Å². The number of esters is 1. The molecule has 2 aromatic carbocycles. The molecule has 0 aliphatic heterocycles. The zero-order chi connectivity index (χ0) is 20.1. The number of carbonyl (C=O) groups excluding carboxylic acids is 2. The summed E-state index contributed by atoms with van der Waals surface area (Å²) in [5, 5.41) is 13.8. The number of benzene rings is 2. The second-order valence-corrected chi connectivity index (χ2v) is 5.55. The van der Waals surface area contributed by atoms with E-state index in [1.54, 1.807) is 18.2 Å². The molecule has 0 atom stereocenters. The third-order valence-electron chi connectivity index (χ3n) is 3.71. The van der Waals surface area contributed by atoms with Crippen molar-refractivity contribution in [1.29, 1.82) is 0 Å². The number of rotatable bonds is 6. The van der Waals surface area contributed by atoms with E-state index in [4.69, 9.17) is 14.2 Å². The van der Waals surface area contributed by atoms with Crippen LogP contribution in [0, 0.1) is 0 Å². The van der Waals surface area contributed by atoms with Crippen molar-refractivity contribution in [1.82, 2.24) is 20.2 Å². The maximum atomic E-state index is 12.6. The van der Waals surface area contributed by atoms with E-state index in [-0.39, 0.29) is 17.4 Å². The topological polar surface area (TPSA) is 117 Å². The van der Waals surface area contributed by atoms with Gasteiger partial charge in [0.05, 0.1) is 14.2 Å². The van der Waals surface area contributed by atoms with Crippen LogP contribution in [0.2, 0.25) is 0 Å². The molecule has 28 heavy (non-hydrogen) atoms. The van der Waals surface area contributed by atoms with Gasteiger partial charge < -0.3 is 19.5 Å². The summed E-state index contributed by atoms with van der Waals surface area (Å²) in [5.41, 5.74) is 1.40. The van der Waals surface area contributed by atoms with Crippen molar-refractivity contribution in [3.8, 4) is 22.9 Å². The molecule has 0 fully saturated rings. The van der Waals surface area contributed by atoms with Crippen LogP contribution in [0.5, 0.6) is 17.2 Å². The van der Waals surface area contributed by atoms with E-state index >= 15 is 0 Å². The van der Waals surface area contributed by atoms with Crippen molar-refractivity contribution in [3.05, 3.63) is 48.3 Å². The molecule has 10 heteroatoms. The predicted octanol–water partition coefficient (Wildman–Crippen LogP) is 1.86. The average molecular weight is 383 g/mol. The van der Waals surface area contributed by atoms with Crippen molar-refractivity contribution < 1.29 is 23.8 Å². The summed E-state index contributed by atoms with van der Waals surface area (Å²) in [7, 11) is 2.95. The van der Waals surface area contributed by atoms with Crippen LogP contribution in [0.4, 0.5) is 5.69 Å². The van der Waals surface area contributed by atoms with Crippen LogP contribution in [0.25, 0.3) is 5.69 Å². The van der Waals surface area contributed by atoms with Gasteiger partial charge in [-0.1, -0.05) is 0 Å². The van der Waals surface area contributed by atoms with Crippen LogP contribution in [0.1, 0.15) is 17.3 Å². The van der Waals surface area contributed by atoms with Crippen molar-refractivity contribution in [2.24, 2.45) is 0 Å². The number of aromatic nitrogens is 4. The second-order valence-electron chi connectivity index (χ2n) is 5.55. The minimum Gasteiger partial charge on any atom is -0.494 e. The first-order chi connectivity index (χ1) is 13.5. The summed E-state index contributed by atoms with van der Waals surface area (Å²) in [4.78, 5) is 23.8. The van der Waals surface area contributed by atoms with Crippen LogP contribution in [0.3, 0.4) is 0 Å². The molecule has 1 aromatic heterocycles. The molecule has 0 spiro atoms. The zero-order valence-corrected chi connectivity index (χ0v) is 15.4. The number of tetrazole rings is 1. The first-order valence-electron chi connectivity index (χ1n) is 8.11. The Hall–Kier alpha value is -3.95. The summed E-state index contributed by atoms with van der Waals surface area (Å²) < 4.78 is 17.0. The fourth-order valence-corrected chi connectivity index (χ4v) is 2.47. The lowest BCUT2D eigenvalue weighted by molar-refractivity contribution is -0.132. The Morgan fingerprint density at radius 2 is 1.75 bits per heavy atom. The highest BCUT2D eigenvalue weighted by Gasteiger charge is 2.14. The van der Waals surface area contributed by atoms with E-state index in [9.17, 15) is 9.59 Å². The number of ether oxygens (including phenoxy) is 3. The molecule has 1 amide bonds. The molecular formula is C18H17N5O5. The number of hydrogen-bond acceptors (Lipinski definition) is 8. The summed E-state index contributed by atoms with van der Waals surface area (Å²) in [6.07, 6.45) is 1.42. The van der Waals surface area contributed by atoms with Gasteiger partial charge in [0.2, 0.25) is 0 Å². The molecular weight excluding hydrogens is 366 g/mol. The van der Waals surface area contributed by atoms with E-state index in [1.165, 1.54) is 50.4 Å². The summed E-state index contributed by atoms with van der Waals surface area (Å²) in [6, 6.07) is 9.57. The highest BCUT2D eigenvalue weighted by atomic mass is 16.6. The summed E-state index contributed by atoms with van der Waals surface area (Å²) in [5.74, 6) is 0.186. The standard InChI is InChI=1S/C18H17N5O5/c1-11(24)28-16-6-4-12(8-17(16)27-3)18(25)20-13-5-7-15(26-2)14(9-13)23-10-19-21-22-23/h4-10H,1-3H3,(H,20,25). The van der Waals surface area contributed by atoms with Crippen LogP contribution in [-0.4, -0.2) is 46.3 Å². The molecule has 0 bridgehead atoms.